The standard InChI is InChI=1S/C21H21ClN8O2S/c1-11-3-2-4-13(22)16(11)25-18(32)14-9-24-21(33-14)29-19-26-17(12-5-6-12)27-20(28-19)30-8-7-23-15(31)10-30/h2-4,9,12H,5-8,10H2,1H3,(H,23,31)(H,25,32)(H,24,26,27,28,29). The van der Waals surface area contributed by atoms with Crippen LogP contribution < -0.4 is 20.9 Å². The van der Waals surface area contributed by atoms with Crippen LogP contribution in [-0.4, -0.2) is 51.4 Å². The maximum atomic E-state index is 12.7. The van der Waals surface area contributed by atoms with E-state index >= 15 is 0 Å². The van der Waals surface area contributed by atoms with E-state index in [1.807, 2.05) is 24.0 Å². The predicted molar refractivity (Wildman–Crippen MR) is 127 cm³/mol. The van der Waals surface area contributed by atoms with Gasteiger partial charge in [0.1, 0.15) is 10.7 Å². The third-order valence-corrected chi connectivity index (χ3v) is 6.54. The van der Waals surface area contributed by atoms with Crippen LogP contribution >= 0.6 is 22.9 Å². The lowest BCUT2D eigenvalue weighted by atomic mass is 10.2. The number of para-hydroxylation sites is 1. The third kappa shape index (κ3) is 4.88. The Morgan fingerprint density at radius 3 is 2.88 bits per heavy atom. The molecule has 2 amide bonds. The molecule has 1 aliphatic carbocycles. The number of anilines is 4. The van der Waals surface area contributed by atoms with Gasteiger partial charge in [-0.15, -0.1) is 0 Å². The molecule has 1 saturated heterocycles. The third-order valence-electron chi connectivity index (χ3n) is 5.31. The lowest BCUT2D eigenvalue weighted by Gasteiger charge is -2.26. The lowest BCUT2D eigenvalue weighted by molar-refractivity contribution is -0.120. The fourth-order valence-corrected chi connectivity index (χ4v) is 4.38. The summed E-state index contributed by atoms with van der Waals surface area (Å²) < 4.78 is 0. The van der Waals surface area contributed by atoms with Gasteiger partial charge in [-0.05, 0) is 31.4 Å². The van der Waals surface area contributed by atoms with Crippen LogP contribution in [0.25, 0.3) is 0 Å². The van der Waals surface area contributed by atoms with Crippen molar-refractivity contribution in [2.75, 3.05) is 35.2 Å². The van der Waals surface area contributed by atoms with E-state index in [1.54, 1.807) is 6.07 Å². The Labute approximate surface area is 198 Å². The number of aryl methyl sites for hydroxylation is 1. The second kappa shape index (κ2) is 8.91. The van der Waals surface area contributed by atoms with E-state index in [2.05, 4.69) is 35.9 Å². The number of nitrogens with zero attached hydrogens (tertiary/aromatic N) is 5. The molecule has 1 aromatic carbocycles. The van der Waals surface area contributed by atoms with E-state index in [1.165, 1.54) is 17.5 Å². The Hall–Kier alpha value is -3.31. The minimum atomic E-state index is -0.300. The number of halogens is 1. The zero-order valence-electron chi connectivity index (χ0n) is 17.8. The molecule has 2 aliphatic rings. The van der Waals surface area contributed by atoms with E-state index in [9.17, 15) is 9.59 Å². The van der Waals surface area contributed by atoms with Crippen LogP contribution in [0, 0.1) is 6.92 Å². The number of nitrogens with one attached hydrogen (secondary N) is 3. The van der Waals surface area contributed by atoms with E-state index in [0.29, 0.717) is 57.4 Å². The van der Waals surface area contributed by atoms with Crippen molar-refractivity contribution in [1.29, 1.82) is 0 Å². The normalized spacial score (nSPS) is 15.8. The second-order valence-electron chi connectivity index (χ2n) is 7.90. The van der Waals surface area contributed by atoms with Crippen LogP contribution in [0.1, 0.15) is 39.8 Å². The molecule has 33 heavy (non-hydrogen) atoms. The number of hydrogen-bond acceptors (Lipinski definition) is 9. The summed E-state index contributed by atoms with van der Waals surface area (Å²) in [6.45, 7) is 3.25. The molecule has 2 aromatic heterocycles. The number of carbonyl (C=O) groups is 2. The van der Waals surface area contributed by atoms with E-state index in [4.69, 9.17) is 11.6 Å². The van der Waals surface area contributed by atoms with Crippen LogP contribution in [0.5, 0.6) is 0 Å². The average molecular weight is 485 g/mol. The van der Waals surface area contributed by atoms with Gasteiger partial charge < -0.3 is 15.5 Å². The van der Waals surface area contributed by atoms with Gasteiger partial charge in [0.05, 0.1) is 23.5 Å². The molecule has 3 N–H and O–H groups in total. The van der Waals surface area contributed by atoms with Gasteiger partial charge in [-0.3, -0.25) is 14.9 Å². The van der Waals surface area contributed by atoms with Crippen molar-refractivity contribution in [2.45, 2.75) is 25.7 Å². The zero-order chi connectivity index (χ0) is 22.9. The maximum Gasteiger partial charge on any atom is 0.267 e. The molecule has 0 unspecified atom stereocenters. The van der Waals surface area contributed by atoms with E-state index in [0.717, 1.165) is 18.4 Å². The molecule has 5 rings (SSSR count). The molecule has 0 bridgehead atoms. The van der Waals surface area contributed by atoms with Crippen molar-refractivity contribution < 1.29 is 9.59 Å². The molecule has 12 heteroatoms. The quantitative estimate of drug-likeness (QED) is 0.487. The number of amides is 2. The van der Waals surface area contributed by atoms with Crippen molar-refractivity contribution in [3.63, 3.8) is 0 Å². The van der Waals surface area contributed by atoms with Gasteiger partial charge in [0.2, 0.25) is 17.8 Å². The second-order valence-corrected chi connectivity index (χ2v) is 9.34. The first-order valence-electron chi connectivity index (χ1n) is 10.5. The predicted octanol–water partition coefficient (Wildman–Crippen LogP) is 3.10. The molecule has 2 fully saturated rings. The minimum Gasteiger partial charge on any atom is -0.353 e. The Morgan fingerprint density at radius 2 is 2.12 bits per heavy atom. The van der Waals surface area contributed by atoms with E-state index in [-0.39, 0.29) is 18.4 Å². The molecule has 170 valence electrons. The maximum absolute atomic E-state index is 12.7. The summed E-state index contributed by atoms with van der Waals surface area (Å²) in [7, 11) is 0. The highest BCUT2D eigenvalue weighted by Gasteiger charge is 2.29. The van der Waals surface area contributed by atoms with Crippen molar-refractivity contribution in [1.82, 2.24) is 25.3 Å². The summed E-state index contributed by atoms with van der Waals surface area (Å²) in [4.78, 5) is 44.7. The topological polar surface area (TPSA) is 125 Å². The number of piperazine rings is 1. The van der Waals surface area contributed by atoms with Crippen molar-refractivity contribution in [3.8, 4) is 0 Å². The van der Waals surface area contributed by atoms with Gasteiger partial charge in [0, 0.05) is 19.0 Å². The van der Waals surface area contributed by atoms with Crippen molar-refractivity contribution in [2.24, 2.45) is 0 Å². The van der Waals surface area contributed by atoms with Gasteiger partial charge in [-0.1, -0.05) is 35.1 Å². The van der Waals surface area contributed by atoms with Gasteiger partial charge in [-0.25, -0.2) is 4.98 Å². The van der Waals surface area contributed by atoms with Gasteiger partial charge in [0.15, 0.2) is 5.13 Å². The highest BCUT2D eigenvalue weighted by atomic mass is 35.5. The largest absolute Gasteiger partial charge is 0.353 e. The lowest BCUT2D eigenvalue weighted by Crippen LogP contribution is -2.48. The minimum absolute atomic E-state index is 0.0616. The molecule has 0 spiro atoms. The number of thiazole rings is 1. The molecule has 1 aliphatic heterocycles. The molecule has 0 radical (unpaired) electrons. The van der Waals surface area contributed by atoms with Gasteiger partial charge in [-0.2, -0.15) is 15.0 Å². The fourth-order valence-electron chi connectivity index (χ4n) is 3.41. The fraction of sp³-hybridized carbons (Fsp3) is 0.333. The van der Waals surface area contributed by atoms with E-state index < -0.39 is 0 Å². The summed E-state index contributed by atoms with van der Waals surface area (Å²) in [5.41, 5.74) is 1.45. The van der Waals surface area contributed by atoms with Gasteiger partial charge >= 0.3 is 0 Å². The summed E-state index contributed by atoms with van der Waals surface area (Å²) >= 11 is 7.40. The highest BCUT2D eigenvalue weighted by Crippen LogP contribution is 2.39. The number of hydrogen-bond donors (Lipinski definition) is 3. The monoisotopic (exact) mass is 484 g/mol. The highest BCUT2D eigenvalue weighted by molar-refractivity contribution is 7.17. The number of benzene rings is 1. The Bertz CT molecular complexity index is 1210. The van der Waals surface area contributed by atoms with Crippen LogP contribution in [-0.2, 0) is 4.79 Å². The van der Waals surface area contributed by atoms with Crippen LogP contribution in [0.4, 0.5) is 22.7 Å². The molecular formula is C21H21ClN8O2S. The summed E-state index contributed by atoms with van der Waals surface area (Å²) in [5.74, 6) is 1.46. The van der Waals surface area contributed by atoms with Crippen LogP contribution in [0.15, 0.2) is 24.4 Å². The summed E-state index contributed by atoms with van der Waals surface area (Å²) in [6, 6.07) is 5.44. The molecule has 3 heterocycles. The van der Waals surface area contributed by atoms with Crippen LogP contribution in [0.2, 0.25) is 5.02 Å². The smallest absolute Gasteiger partial charge is 0.267 e. The number of rotatable bonds is 6. The molecule has 3 aromatic rings. The summed E-state index contributed by atoms with van der Waals surface area (Å²) in [6.07, 6.45) is 3.56. The van der Waals surface area contributed by atoms with Crippen molar-refractivity contribution >= 4 is 57.5 Å². The SMILES string of the molecule is Cc1cccc(Cl)c1NC(=O)c1cnc(Nc2nc(C3CC3)nc(N3CCNC(=O)C3)n2)s1. The van der Waals surface area contributed by atoms with Gasteiger partial charge in [0.25, 0.3) is 5.91 Å². The Kier molecular flexibility index (Phi) is 5.81. The molecule has 10 nitrogen and oxygen atoms in total. The first kappa shape index (κ1) is 21.5. The Balaban J connectivity index is 1.34. The summed E-state index contributed by atoms with van der Waals surface area (Å²) in [5, 5.41) is 9.69. The van der Waals surface area contributed by atoms with Crippen molar-refractivity contribution in [3.05, 3.63) is 45.7 Å². The zero-order valence-corrected chi connectivity index (χ0v) is 19.3. The molecular weight excluding hydrogens is 464 g/mol. The van der Waals surface area contributed by atoms with Crippen LogP contribution in [0.3, 0.4) is 0 Å². The number of aromatic nitrogens is 4. The first-order chi connectivity index (χ1) is 16.0. The molecule has 0 atom stereocenters. The Morgan fingerprint density at radius 1 is 1.27 bits per heavy atom. The number of carbonyl (C=O) groups excluding carboxylic acids is 2. The molecule has 1 saturated carbocycles. The average Bonchev–Trinajstić information content (AvgIpc) is 3.55. The first-order valence-corrected chi connectivity index (χ1v) is 11.7.